The van der Waals surface area contributed by atoms with E-state index in [1.54, 1.807) is 6.07 Å². The molecule has 1 aromatic carbocycles. The van der Waals surface area contributed by atoms with Crippen molar-refractivity contribution in [2.75, 3.05) is 6.54 Å². The molecule has 1 saturated carbocycles. The van der Waals surface area contributed by atoms with Crippen LogP contribution in [0.5, 0.6) is 0 Å². The van der Waals surface area contributed by atoms with E-state index >= 15 is 0 Å². The van der Waals surface area contributed by atoms with E-state index in [0.717, 1.165) is 31.4 Å². The third kappa shape index (κ3) is 4.52. The van der Waals surface area contributed by atoms with Crippen molar-refractivity contribution in [3.05, 3.63) is 64.1 Å². The molecule has 0 radical (unpaired) electrons. The minimum atomic E-state index is -0.228. The van der Waals surface area contributed by atoms with Gasteiger partial charge < -0.3 is 5.32 Å². The molecule has 0 unspecified atom stereocenters. The molecule has 1 aromatic heterocycles. The van der Waals surface area contributed by atoms with E-state index in [2.05, 4.69) is 22.5 Å². The van der Waals surface area contributed by atoms with Gasteiger partial charge in [0.25, 0.3) is 5.56 Å². The number of carbonyl (C=O) groups excluding carboxylic acids is 1. The molecule has 1 heterocycles. The van der Waals surface area contributed by atoms with Gasteiger partial charge in [0.05, 0.1) is 5.69 Å². The lowest BCUT2D eigenvalue weighted by molar-refractivity contribution is -0.121. The molecule has 2 aromatic rings. The van der Waals surface area contributed by atoms with Gasteiger partial charge in [-0.05, 0) is 37.3 Å². The maximum atomic E-state index is 12.0. The van der Waals surface area contributed by atoms with Crippen LogP contribution >= 0.6 is 0 Å². The SMILES string of the molecule is O=C(Cn1nc(C2CC2)ccc1=O)NCCCc1ccccc1. The molecule has 23 heavy (non-hydrogen) atoms. The highest BCUT2D eigenvalue weighted by Crippen LogP contribution is 2.38. The average Bonchev–Trinajstić information content (AvgIpc) is 3.40. The molecular weight excluding hydrogens is 290 g/mol. The quantitative estimate of drug-likeness (QED) is 0.794. The van der Waals surface area contributed by atoms with Gasteiger partial charge in [-0.15, -0.1) is 0 Å². The van der Waals surface area contributed by atoms with E-state index in [1.165, 1.54) is 16.3 Å². The largest absolute Gasteiger partial charge is 0.354 e. The Hall–Kier alpha value is -2.43. The van der Waals surface area contributed by atoms with Crippen molar-refractivity contribution in [1.29, 1.82) is 0 Å². The van der Waals surface area contributed by atoms with E-state index in [-0.39, 0.29) is 18.0 Å². The molecule has 0 saturated heterocycles. The summed E-state index contributed by atoms with van der Waals surface area (Å²) in [4.78, 5) is 23.7. The second kappa shape index (κ2) is 7.22. The number of hydrogen-bond acceptors (Lipinski definition) is 3. The maximum absolute atomic E-state index is 12.0. The molecule has 0 spiro atoms. The van der Waals surface area contributed by atoms with Crippen molar-refractivity contribution in [3.8, 4) is 0 Å². The highest BCUT2D eigenvalue weighted by molar-refractivity contribution is 5.75. The molecule has 3 rings (SSSR count). The van der Waals surface area contributed by atoms with Crippen molar-refractivity contribution < 1.29 is 4.79 Å². The average molecular weight is 311 g/mol. The smallest absolute Gasteiger partial charge is 0.267 e. The summed E-state index contributed by atoms with van der Waals surface area (Å²) in [5.74, 6) is 0.302. The highest BCUT2D eigenvalue weighted by atomic mass is 16.2. The molecule has 0 atom stereocenters. The number of rotatable bonds is 7. The molecular formula is C18H21N3O2. The van der Waals surface area contributed by atoms with Crippen molar-refractivity contribution in [1.82, 2.24) is 15.1 Å². The first-order chi connectivity index (χ1) is 11.2. The predicted octanol–water partition coefficient (Wildman–Crippen LogP) is 1.87. The van der Waals surface area contributed by atoms with Crippen molar-refractivity contribution in [2.45, 2.75) is 38.1 Å². The fourth-order valence-corrected chi connectivity index (χ4v) is 2.53. The minimum Gasteiger partial charge on any atom is -0.354 e. The maximum Gasteiger partial charge on any atom is 0.267 e. The van der Waals surface area contributed by atoms with Gasteiger partial charge in [0.15, 0.2) is 0 Å². The highest BCUT2D eigenvalue weighted by Gasteiger charge is 2.25. The zero-order chi connectivity index (χ0) is 16.1. The van der Waals surface area contributed by atoms with Crippen LogP contribution in [0.25, 0.3) is 0 Å². The Balaban J connectivity index is 1.46. The second-order valence-electron chi connectivity index (χ2n) is 5.97. The van der Waals surface area contributed by atoms with Crippen LogP contribution in [0, 0.1) is 0 Å². The first-order valence-corrected chi connectivity index (χ1v) is 8.11. The van der Waals surface area contributed by atoms with Crippen LogP contribution in [0.4, 0.5) is 0 Å². The van der Waals surface area contributed by atoms with Gasteiger partial charge in [-0.1, -0.05) is 30.3 Å². The number of amides is 1. The fraction of sp³-hybridized carbons (Fsp3) is 0.389. The summed E-state index contributed by atoms with van der Waals surface area (Å²) in [5.41, 5.74) is 1.95. The van der Waals surface area contributed by atoms with Crippen molar-refractivity contribution in [3.63, 3.8) is 0 Å². The number of hydrogen-bond donors (Lipinski definition) is 1. The predicted molar refractivity (Wildman–Crippen MR) is 88.2 cm³/mol. The van der Waals surface area contributed by atoms with Crippen LogP contribution in [0.1, 0.15) is 36.4 Å². The van der Waals surface area contributed by atoms with Gasteiger partial charge in [-0.2, -0.15) is 5.10 Å². The number of nitrogens with one attached hydrogen (secondary N) is 1. The molecule has 1 N–H and O–H groups in total. The normalized spacial score (nSPS) is 13.7. The van der Waals surface area contributed by atoms with Gasteiger partial charge in [0.2, 0.25) is 5.91 Å². The van der Waals surface area contributed by atoms with E-state index in [1.807, 2.05) is 18.2 Å². The van der Waals surface area contributed by atoms with E-state index in [9.17, 15) is 9.59 Å². The Morgan fingerprint density at radius 1 is 1.17 bits per heavy atom. The van der Waals surface area contributed by atoms with Crippen LogP contribution in [-0.4, -0.2) is 22.2 Å². The lowest BCUT2D eigenvalue weighted by Gasteiger charge is -2.08. The van der Waals surface area contributed by atoms with Gasteiger partial charge >= 0.3 is 0 Å². The Bertz CT molecular complexity index is 721. The first kappa shape index (κ1) is 15.5. The third-order valence-electron chi connectivity index (χ3n) is 3.98. The summed E-state index contributed by atoms with van der Waals surface area (Å²) in [7, 11) is 0. The Morgan fingerprint density at radius 3 is 2.70 bits per heavy atom. The topological polar surface area (TPSA) is 64.0 Å². The number of benzene rings is 1. The summed E-state index contributed by atoms with van der Waals surface area (Å²) in [5, 5.41) is 7.15. The van der Waals surface area contributed by atoms with Crippen LogP contribution in [0.3, 0.4) is 0 Å². The van der Waals surface area contributed by atoms with Gasteiger partial charge in [0.1, 0.15) is 6.54 Å². The monoisotopic (exact) mass is 311 g/mol. The zero-order valence-electron chi connectivity index (χ0n) is 13.1. The lowest BCUT2D eigenvalue weighted by atomic mass is 10.1. The Morgan fingerprint density at radius 2 is 1.96 bits per heavy atom. The van der Waals surface area contributed by atoms with Crippen LogP contribution < -0.4 is 10.9 Å². The van der Waals surface area contributed by atoms with Gasteiger partial charge in [-0.3, -0.25) is 9.59 Å². The summed E-state index contributed by atoms with van der Waals surface area (Å²) < 4.78 is 1.26. The molecule has 1 amide bonds. The second-order valence-corrected chi connectivity index (χ2v) is 5.97. The minimum absolute atomic E-state index is 0.00920. The molecule has 0 aliphatic heterocycles. The van der Waals surface area contributed by atoms with Crippen LogP contribution in [-0.2, 0) is 17.8 Å². The van der Waals surface area contributed by atoms with Crippen LogP contribution in [0.15, 0.2) is 47.3 Å². The van der Waals surface area contributed by atoms with E-state index < -0.39 is 0 Å². The molecule has 1 fully saturated rings. The zero-order valence-corrected chi connectivity index (χ0v) is 13.1. The molecule has 1 aliphatic rings. The summed E-state index contributed by atoms with van der Waals surface area (Å²) in [6.07, 6.45) is 4.05. The number of carbonyl (C=O) groups is 1. The molecule has 5 nitrogen and oxygen atoms in total. The molecule has 120 valence electrons. The van der Waals surface area contributed by atoms with Gasteiger partial charge in [-0.25, -0.2) is 4.68 Å². The molecule has 5 heteroatoms. The number of aromatic nitrogens is 2. The van der Waals surface area contributed by atoms with Gasteiger partial charge in [0, 0.05) is 18.5 Å². The fourth-order valence-electron chi connectivity index (χ4n) is 2.53. The van der Waals surface area contributed by atoms with E-state index in [0.29, 0.717) is 12.5 Å². The van der Waals surface area contributed by atoms with Crippen molar-refractivity contribution >= 4 is 5.91 Å². The summed E-state index contributed by atoms with van der Waals surface area (Å²) in [6.45, 7) is 0.593. The van der Waals surface area contributed by atoms with Crippen molar-refractivity contribution in [2.24, 2.45) is 0 Å². The standard InChI is InChI=1S/C18H21N3O2/c22-17(19-12-4-7-14-5-2-1-3-6-14)13-21-18(23)11-10-16(20-21)15-8-9-15/h1-3,5-6,10-11,15H,4,7-9,12-13H2,(H,19,22). The number of nitrogens with zero attached hydrogens (tertiary/aromatic N) is 2. The molecule has 1 aliphatic carbocycles. The molecule has 0 bridgehead atoms. The first-order valence-electron chi connectivity index (χ1n) is 8.11. The lowest BCUT2D eigenvalue weighted by Crippen LogP contribution is -2.34. The Kier molecular flexibility index (Phi) is 4.86. The summed E-state index contributed by atoms with van der Waals surface area (Å²) in [6, 6.07) is 13.4. The van der Waals surface area contributed by atoms with E-state index in [4.69, 9.17) is 0 Å². The third-order valence-corrected chi connectivity index (χ3v) is 3.98. The summed E-state index contributed by atoms with van der Waals surface area (Å²) >= 11 is 0. The Labute approximate surface area is 135 Å². The number of aryl methyl sites for hydroxylation is 1. The van der Waals surface area contributed by atoms with Crippen LogP contribution in [0.2, 0.25) is 0 Å².